The second kappa shape index (κ2) is 6.10. The molecule has 0 unspecified atom stereocenters. The second-order valence-corrected chi connectivity index (χ2v) is 4.39. The van der Waals surface area contributed by atoms with Gasteiger partial charge in [0.25, 0.3) is 0 Å². The van der Waals surface area contributed by atoms with Gasteiger partial charge in [-0.2, -0.15) is 5.10 Å². The number of rotatable bonds is 5. The lowest BCUT2D eigenvalue weighted by Crippen LogP contribution is -2.16. The molecule has 0 saturated heterocycles. The van der Waals surface area contributed by atoms with Crippen molar-refractivity contribution in [3.63, 3.8) is 0 Å². The molecular weight excluding hydrogens is 258 g/mol. The van der Waals surface area contributed by atoms with Gasteiger partial charge in [0, 0.05) is 7.05 Å². The van der Waals surface area contributed by atoms with Crippen molar-refractivity contribution in [1.82, 2.24) is 9.78 Å². The molecule has 0 amide bonds. The summed E-state index contributed by atoms with van der Waals surface area (Å²) in [6, 6.07) is 8.86. The van der Waals surface area contributed by atoms with E-state index in [9.17, 15) is 4.79 Å². The number of carbonyl (C=O) groups is 1. The first-order valence-electron chi connectivity index (χ1n) is 6.18. The van der Waals surface area contributed by atoms with Crippen LogP contribution in [0.1, 0.15) is 11.4 Å². The number of nitrogens with zero attached hydrogens (tertiary/aromatic N) is 2. The van der Waals surface area contributed by atoms with E-state index in [2.05, 4.69) is 5.10 Å². The average Bonchev–Trinajstić information content (AvgIpc) is 2.74. The fraction of sp³-hybridized carbons (Fsp3) is 0.286. The molecule has 0 aliphatic heterocycles. The lowest BCUT2D eigenvalue weighted by Gasteiger charge is -2.08. The van der Waals surface area contributed by atoms with Crippen molar-refractivity contribution >= 4 is 11.7 Å². The second-order valence-electron chi connectivity index (χ2n) is 4.39. The molecule has 1 aromatic carbocycles. The molecule has 0 fully saturated rings. The number of benzene rings is 1. The first-order chi connectivity index (χ1) is 9.56. The van der Waals surface area contributed by atoms with Crippen molar-refractivity contribution in [2.75, 3.05) is 12.3 Å². The van der Waals surface area contributed by atoms with Gasteiger partial charge in [0.1, 0.15) is 12.4 Å². The highest BCUT2D eigenvalue weighted by molar-refractivity contribution is 5.71. The number of aryl methyl sites for hydroxylation is 2. The minimum atomic E-state index is -0.452. The van der Waals surface area contributed by atoms with E-state index in [0.717, 1.165) is 11.4 Å². The highest BCUT2D eigenvalue weighted by Crippen LogP contribution is 2.19. The van der Waals surface area contributed by atoms with E-state index in [1.165, 1.54) is 0 Å². The summed E-state index contributed by atoms with van der Waals surface area (Å²) in [6.45, 7) is 1.88. The first kappa shape index (κ1) is 13.9. The fourth-order valence-electron chi connectivity index (χ4n) is 1.74. The zero-order valence-electron chi connectivity index (χ0n) is 11.5. The number of para-hydroxylation sites is 2. The molecule has 1 heterocycles. The molecule has 1 aromatic heterocycles. The zero-order valence-corrected chi connectivity index (χ0v) is 11.5. The van der Waals surface area contributed by atoms with Crippen LogP contribution in [0.2, 0.25) is 0 Å². The molecule has 0 aliphatic rings. The van der Waals surface area contributed by atoms with E-state index in [0.29, 0.717) is 11.4 Å². The van der Waals surface area contributed by atoms with Crippen molar-refractivity contribution in [1.29, 1.82) is 0 Å². The minimum Gasteiger partial charge on any atom is -0.480 e. The van der Waals surface area contributed by atoms with Crippen LogP contribution in [0.5, 0.6) is 5.75 Å². The number of hydrogen-bond acceptors (Lipinski definition) is 5. The molecular formula is C14H17N3O3. The Balaban J connectivity index is 1.82. The highest BCUT2D eigenvalue weighted by Gasteiger charge is 2.08. The summed E-state index contributed by atoms with van der Waals surface area (Å²) >= 11 is 0. The Hall–Kier alpha value is -2.50. The van der Waals surface area contributed by atoms with Gasteiger partial charge in [0.05, 0.1) is 17.1 Å². The summed E-state index contributed by atoms with van der Waals surface area (Å²) in [5.41, 5.74) is 7.90. The van der Waals surface area contributed by atoms with E-state index < -0.39 is 5.97 Å². The minimum absolute atomic E-state index is 0.170. The van der Waals surface area contributed by atoms with E-state index in [1.807, 2.05) is 13.0 Å². The van der Waals surface area contributed by atoms with Crippen LogP contribution >= 0.6 is 0 Å². The van der Waals surface area contributed by atoms with Gasteiger partial charge in [-0.25, -0.2) is 4.79 Å². The van der Waals surface area contributed by atoms with Crippen LogP contribution < -0.4 is 10.5 Å². The third-order valence-corrected chi connectivity index (χ3v) is 2.74. The van der Waals surface area contributed by atoms with Gasteiger partial charge < -0.3 is 15.2 Å². The summed E-state index contributed by atoms with van der Waals surface area (Å²) in [7, 11) is 1.80. The molecule has 0 bridgehead atoms. The van der Waals surface area contributed by atoms with Crippen molar-refractivity contribution < 1.29 is 14.3 Å². The maximum Gasteiger partial charge on any atom is 0.344 e. The number of esters is 1. The molecule has 6 heteroatoms. The Kier molecular flexibility index (Phi) is 4.24. The number of aromatic nitrogens is 2. The molecule has 2 rings (SSSR count). The van der Waals surface area contributed by atoms with Crippen LogP contribution in [-0.2, 0) is 23.2 Å². The van der Waals surface area contributed by atoms with Crippen LogP contribution in [0, 0.1) is 6.92 Å². The van der Waals surface area contributed by atoms with Crippen molar-refractivity contribution in [3.05, 3.63) is 41.7 Å². The third-order valence-electron chi connectivity index (χ3n) is 2.74. The maximum absolute atomic E-state index is 11.6. The van der Waals surface area contributed by atoms with Gasteiger partial charge in [-0.05, 0) is 25.1 Å². The van der Waals surface area contributed by atoms with E-state index in [1.54, 1.807) is 36.0 Å². The van der Waals surface area contributed by atoms with Crippen molar-refractivity contribution in [2.45, 2.75) is 13.5 Å². The van der Waals surface area contributed by atoms with Crippen molar-refractivity contribution in [2.24, 2.45) is 7.05 Å². The number of hydrogen-bond donors (Lipinski definition) is 1. The average molecular weight is 275 g/mol. The highest BCUT2D eigenvalue weighted by atomic mass is 16.6. The molecule has 0 spiro atoms. The van der Waals surface area contributed by atoms with Gasteiger partial charge in [-0.15, -0.1) is 0 Å². The zero-order chi connectivity index (χ0) is 14.5. The van der Waals surface area contributed by atoms with Gasteiger partial charge in [0.2, 0.25) is 0 Å². The summed E-state index contributed by atoms with van der Waals surface area (Å²) in [4.78, 5) is 11.6. The van der Waals surface area contributed by atoms with Gasteiger partial charge in [0.15, 0.2) is 6.61 Å². The molecule has 0 radical (unpaired) electrons. The number of nitrogens with two attached hydrogens (primary N) is 1. The van der Waals surface area contributed by atoms with E-state index in [4.69, 9.17) is 15.2 Å². The van der Waals surface area contributed by atoms with Crippen LogP contribution in [0.4, 0.5) is 5.69 Å². The largest absolute Gasteiger partial charge is 0.480 e. The topological polar surface area (TPSA) is 79.4 Å². The van der Waals surface area contributed by atoms with Gasteiger partial charge in [-0.1, -0.05) is 12.1 Å². The third kappa shape index (κ3) is 3.50. The number of carbonyl (C=O) groups excluding carboxylic acids is 1. The molecule has 0 atom stereocenters. The molecule has 0 saturated carbocycles. The molecule has 106 valence electrons. The lowest BCUT2D eigenvalue weighted by molar-refractivity contribution is -0.147. The lowest BCUT2D eigenvalue weighted by atomic mass is 10.3. The molecule has 20 heavy (non-hydrogen) atoms. The summed E-state index contributed by atoms with van der Waals surface area (Å²) in [5, 5.41) is 4.17. The Morgan fingerprint density at radius 2 is 2.15 bits per heavy atom. The number of anilines is 1. The maximum atomic E-state index is 11.6. The van der Waals surface area contributed by atoms with Crippen LogP contribution in [-0.4, -0.2) is 22.4 Å². The molecule has 6 nitrogen and oxygen atoms in total. The molecule has 2 N–H and O–H groups in total. The van der Waals surface area contributed by atoms with Gasteiger partial charge in [-0.3, -0.25) is 4.68 Å². The van der Waals surface area contributed by atoms with Crippen LogP contribution in [0.15, 0.2) is 30.3 Å². The standard InChI is InChI=1S/C14H17N3O3/c1-10-7-11(17(2)16-10)8-20-14(18)9-19-13-6-4-3-5-12(13)15/h3-7H,8-9,15H2,1-2H3. The Labute approximate surface area is 117 Å². The summed E-state index contributed by atoms with van der Waals surface area (Å²) in [5.74, 6) is 0.0212. The van der Waals surface area contributed by atoms with E-state index in [-0.39, 0.29) is 13.2 Å². The fourth-order valence-corrected chi connectivity index (χ4v) is 1.74. The normalized spacial score (nSPS) is 10.3. The predicted molar refractivity (Wildman–Crippen MR) is 74.1 cm³/mol. The predicted octanol–water partition coefficient (Wildman–Crippen LogP) is 1.43. The number of ether oxygens (including phenoxy) is 2. The quantitative estimate of drug-likeness (QED) is 0.659. The Bertz CT molecular complexity index is 607. The van der Waals surface area contributed by atoms with Crippen molar-refractivity contribution in [3.8, 4) is 5.75 Å². The monoisotopic (exact) mass is 275 g/mol. The SMILES string of the molecule is Cc1cc(COC(=O)COc2ccccc2N)n(C)n1. The van der Waals surface area contributed by atoms with Crippen LogP contribution in [0.3, 0.4) is 0 Å². The Morgan fingerprint density at radius 1 is 1.40 bits per heavy atom. The first-order valence-corrected chi connectivity index (χ1v) is 6.18. The molecule has 0 aliphatic carbocycles. The molecule has 2 aromatic rings. The van der Waals surface area contributed by atoms with Gasteiger partial charge >= 0.3 is 5.97 Å². The number of nitrogen functional groups attached to an aromatic ring is 1. The van der Waals surface area contributed by atoms with E-state index >= 15 is 0 Å². The Morgan fingerprint density at radius 3 is 2.80 bits per heavy atom. The smallest absolute Gasteiger partial charge is 0.344 e. The summed E-state index contributed by atoms with van der Waals surface area (Å²) < 4.78 is 12.1. The summed E-state index contributed by atoms with van der Waals surface area (Å²) in [6.07, 6.45) is 0. The van der Waals surface area contributed by atoms with Crippen LogP contribution in [0.25, 0.3) is 0 Å².